The number of anilines is 1. The van der Waals surface area contributed by atoms with E-state index < -0.39 is 0 Å². The second-order valence-corrected chi connectivity index (χ2v) is 7.34. The number of hydrogen-bond acceptors (Lipinski definition) is 5. The van der Waals surface area contributed by atoms with Gasteiger partial charge in [0, 0.05) is 22.7 Å². The van der Waals surface area contributed by atoms with Crippen LogP contribution in [0.4, 0.5) is 5.13 Å². The van der Waals surface area contributed by atoms with Crippen LogP contribution in [-0.2, 0) is 0 Å². The third-order valence-electron chi connectivity index (χ3n) is 2.99. The summed E-state index contributed by atoms with van der Waals surface area (Å²) in [6.45, 7) is 8.60. The van der Waals surface area contributed by atoms with Gasteiger partial charge in [-0.3, -0.25) is 0 Å². The largest absolute Gasteiger partial charge is 0.343 e. The van der Waals surface area contributed by atoms with Crippen LogP contribution in [0.2, 0.25) is 5.02 Å². The first-order valence-electron chi connectivity index (χ1n) is 6.82. The average molecular weight is 340 g/mol. The van der Waals surface area contributed by atoms with E-state index in [-0.39, 0.29) is 0 Å². The first kappa shape index (κ1) is 16.3. The maximum Gasteiger partial charge on any atom is 0.190 e. The maximum atomic E-state index is 6.05. The van der Waals surface area contributed by atoms with Gasteiger partial charge in [-0.1, -0.05) is 35.1 Å². The molecule has 21 heavy (non-hydrogen) atoms. The highest BCUT2D eigenvalue weighted by atomic mass is 35.5. The first-order valence-corrected chi connectivity index (χ1v) is 8.42. The summed E-state index contributed by atoms with van der Waals surface area (Å²) in [4.78, 5) is 11.3. The van der Waals surface area contributed by atoms with Gasteiger partial charge in [0.15, 0.2) is 14.9 Å². The van der Waals surface area contributed by atoms with Gasteiger partial charge in [-0.2, -0.15) is 0 Å². The van der Waals surface area contributed by atoms with Crippen molar-refractivity contribution >= 4 is 40.3 Å². The van der Waals surface area contributed by atoms with Crippen LogP contribution >= 0.6 is 35.2 Å². The first-order chi connectivity index (χ1) is 9.88. The lowest BCUT2D eigenvalue weighted by molar-refractivity contribution is 0.605. The van der Waals surface area contributed by atoms with Gasteiger partial charge in [0.1, 0.15) is 0 Å². The fourth-order valence-electron chi connectivity index (χ4n) is 2.23. The van der Waals surface area contributed by atoms with E-state index in [0.717, 1.165) is 10.7 Å². The molecule has 0 aliphatic carbocycles. The molecular formula is C15H18ClN3S2. The predicted octanol–water partition coefficient (Wildman–Crippen LogP) is 5.21. The molecule has 2 aromatic rings. The summed E-state index contributed by atoms with van der Waals surface area (Å²) < 4.78 is 0.585. The summed E-state index contributed by atoms with van der Waals surface area (Å²) in [5.74, 6) is 0.627. The normalized spacial score (nSPS) is 11.2. The highest BCUT2D eigenvalue weighted by Gasteiger charge is 2.18. The second-order valence-electron chi connectivity index (χ2n) is 5.30. The van der Waals surface area contributed by atoms with Crippen LogP contribution in [-0.4, -0.2) is 22.1 Å². The van der Waals surface area contributed by atoms with Crippen LogP contribution in [0.25, 0.3) is 11.4 Å². The van der Waals surface area contributed by atoms with Crippen LogP contribution in [0.3, 0.4) is 0 Å². The van der Waals surface area contributed by atoms with E-state index in [1.165, 1.54) is 11.3 Å². The van der Waals surface area contributed by atoms with Crippen LogP contribution in [0.15, 0.2) is 24.3 Å². The van der Waals surface area contributed by atoms with Gasteiger partial charge in [0.05, 0.1) is 0 Å². The molecule has 6 heteroatoms. The highest BCUT2D eigenvalue weighted by Crippen LogP contribution is 2.27. The molecule has 0 aliphatic rings. The van der Waals surface area contributed by atoms with E-state index in [9.17, 15) is 0 Å². The Balaban J connectivity index is 2.54. The Labute approximate surface area is 139 Å². The van der Waals surface area contributed by atoms with E-state index in [2.05, 4.69) is 37.6 Å². The quantitative estimate of drug-likeness (QED) is 0.715. The third kappa shape index (κ3) is 3.99. The van der Waals surface area contributed by atoms with Crippen LogP contribution < -0.4 is 4.90 Å². The molecule has 3 nitrogen and oxygen atoms in total. The van der Waals surface area contributed by atoms with Crippen molar-refractivity contribution in [2.75, 3.05) is 4.90 Å². The molecule has 0 saturated carbocycles. The molecule has 0 spiro atoms. The zero-order valence-corrected chi connectivity index (χ0v) is 14.9. The molecule has 1 aromatic carbocycles. The Kier molecular flexibility index (Phi) is 5.30. The minimum Gasteiger partial charge on any atom is -0.343 e. The lowest BCUT2D eigenvalue weighted by Crippen LogP contribution is -2.37. The predicted molar refractivity (Wildman–Crippen MR) is 93.9 cm³/mol. The lowest BCUT2D eigenvalue weighted by Gasteiger charge is -2.31. The minimum absolute atomic E-state index is 0.345. The molecule has 0 radical (unpaired) electrons. The fraction of sp³-hybridized carbons (Fsp3) is 0.400. The number of halogens is 1. The van der Waals surface area contributed by atoms with Gasteiger partial charge < -0.3 is 4.90 Å². The van der Waals surface area contributed by atoms with Crippen molar-refractivity contribution in [3.05, 3.63) is 33.2 Å². The molecule has 1 heterocycles. The summed E-state index contributed by atoms with van der Waals surface area (Å²) >= 11 is 12.8. The number of benzene rings is 1. The Morgan fingerprint density at radius 1 is 1.14 bits per heavy atom. The molecule has 0 amide bonds. The maximum absolute atomic E-state index is 6.05. The zero-order chi connectivity index (χ0) is 15.6. The van der Waals surface area contributed by atoms with Crippen molar-refractivity contribution in [3.63, 3.8) is 0 Å². The van der Waals surface area contributed by atoms with Gasteiger partial charge in [-0.15, -0.1) is 0 Å². The summed E-state index contributed by atoms with van der Waals surface area (Å²) in [5, 5.41) is 1.57. The van der Waals surface area contributed by atoms with Crippen molar-refractivity contribution in [2.24, 2.45) is 0 Å². The molecule has 0 bridgehead atoms. The Morgan fingerprint density at radius 2 is 1.81 bits per heavy atom. The molecule has 0 N–H and O–H groups in total. The molecular weight excluding hydrogens is 322 g/mol. The SMILES string of the molecule is CC(C)N(c1nc(-c2cccc(Cl)c2)nc(=S)s1)C(C)C. The van der Waals surface area contributed by atoms with E-state index in [1.807, 2.05) is 24.3 Å². The third-order valence-corrected chi connectivity index (χ3v) is 4.32. The molecule has 0 saturated heterocycles. The number of rotatable bonds is 4. The van der Waals surface area contributed by atoms with Crippen molar-refractivity contribution in [2.45, 2.75) is 39.8 Å². The highest BCUT2D eigenvalue weighted by molar-refractivity contribution is 7.73. The summed E-state index contributed by atoms with van der Waals surface area (Å²) in [5.41, 5.74) is 0.884. The molecule has 1 aromatic heterocycles. The van der Waals surface area contributed by atoms with Crippen molar-refractivity contribution < 1.29 is 0 Å². The van der Waals surface area contributed by atoms with Gasteiger partial charge in [-0.25, -0.2) is 9.97 Å². The van der Waals surface area contributed by atoms with Gasteiger partial charge >= 0.3 is 0 Å². The monoisotopic (exact) mass is 339 g/mol. The van der Waals surface area contributed by atoms with E-state index >= 15 is 0 Å². The summed E-state index contributed by atoms with van der Waals surface area (Å²) in [6.07, 6.45) is 0. The number of hydrogen-bond donors (Lipinski definition) is 0. The van der Waals surface area contributed by atoms with Crippen molar-refractivity contribution in [3.8, 4) is 11.4 Å². The Hall–Kier alpha value is -1.04. The standard InChI is InChI=1S/C15H18ClN3S2/c1-9(2)19(10(3)4)14-17-13(18-15(20)21-14)11-6-5-7-12(16)8-11/h5-10H,1-4H3. The minimum atomic E-state index is 0.345. The topological polar surface area (TPSA) is 29.0 Å². The average Bonchev–Trinajstić information content (AvgIpc) is 2.37. The smallest absolute Gasteiger partial charge is 0.190 e. The van der Waals surface area contributed by atoms with Gasteiger partial charge in [0.25, 0.3) is 0 Å². The Morgan fingerprint density at radius 3 is 2.38 bits per heavy atom. The van der Waals surface area contributed by atoms with Crippen molar-refractivity contribution in [1.29, 1.82) is 0 Å². The Bertz CT molecular complexity index is 675. The van der Waals surface area contributed by atoms with E-state index in [0.29, 0.717) is 26.9 Å². The summed E-state index contributed by atoms with van der Waals surface area (Å²) in [7, 11) is 0. The molecule has 2 rings (SSSR count). The van der Waals surface area contributed by atoms with Crippen LogP contribution in [0.5, 0.6) is 0 Å². The number of aromatic nitrogens is 2. The molecule has 0 atom stereocenters. The van der Waals surface area contributed by atoms with Gasteiger partial charge in [-0.05, 0) is 52.0 Å². The summed E-state index contributed by atoms with van der Waals surface area (Å²) in [6, 6.07) is 8.22. The van der Waals surface area contributed by atoms with Crippen LogP contribution in [0, 0.1) is 3.95 Å². The van der Waals surface area contributed by atoms with Gasteiger partial charge in [0.2, 0.25) is 0 Å². The molecule has 0 fully saturated rings. The molecule has 0 unspecified atom stereocenters. The fourth-order valence-corrected chi connectivity index (χ4v) is 3.68. The van der Waals surface area contributed by atoms with Crippen LogP contribution in [0.1, 0.15) is 27.7 Å². The van der Waals surface area contributed by atoms with E-state index in [1.54, 1.807) is 0 Å². The molecule has 112 valence electrons. The van der Waals surface area contributed by atoms with E-state index in [4.69, 9.17) is 28.8 Å². The van der Waals surface area contributed by atoms with Crippen molar-refractivity contribution in [1.82, 2.24) is 9.97 Å². The number of nitrogens with zero attached hydrogens (tertiary/aromatic N) is 3. The zero-order valence-electron chi connectivity index (χ0n) is 12.5. The second kappa shape index (κ2) is 6.81. The molecule has 0 aliphatic heterocycles. The lowest BCUT2D eigenvalue weighted by atomic mass is 10.2.